The summed E-state index contributed by atoms with van der Waals surface area (Å²) in [5.74, 6) is 1.84. The molecule has 0 bridgehead atoms. The van der Waals surface area contributed by atoms with Crippen LogP contribution in [0.25, 0.3) is 0 Å². The van der Waals surface area contributed by atoms with Crippen LogP contribution in [-0.2, 0) is 16.3 Å². The molecule has 134 valence electrons. The molecule has 0 aliphatic rings. The van der Waals surface area contributed by atoms with Crippen LogP contribution >= 0.6 is 24.0 Å². The highest BCUT2D eigenvalue weighted by Gasteiger charge is 2.20. The minimum Gasteiger partial charge on any atom is -0.469 e. The molecule has 0 aliphatic carbocycles. The van der Waals surface area contributed by atoms with Crippen molar-refractivity contribution in [2.45, 2.75) is 26.7 Å². The molecule has 23 heavy (non-hydrogen) atoms. The quantitative estimate of drug-likeness (QED) is 0.355. The third-order valence-corrected chi connectivity index (χ3v) is 4.30. The second-order valence-corrected chi connectivity index (χ2v) is 8.49. The normalized spacial score (nSPS) is 12.6. The Morgan fingerprint density at radius 3 is 2.57 bits per heavy atom. The Bertz CT molecular complexity index is 569. The van der Waals surface area contributed by atoms with Gasteiger partial charge >= 0.3 is 0 Å². The molecule has 1 heterocycles. The van der Waals surface area contributed by atoms with Crippen LogP contribution < -0.4 is 10.6 Å². The average Bonchev–Trinajstić information content (AvgIpc) is 2.93. The molecular formula is C15H28IN3O3S. The lowest BCUT2D eigenvalue weighted by Crippen LogP contribution is -2.43. The molecule has 0 spiro atoms. The van der Waals surface area contributed by atoms with Crippen molar-refractivity contribution in [3.63, 3.8) is 0 Å². The molecule has 0 unspecified atom stereocenters. The van der Waals surface area contributed by atoms with Crippen molar-refractivity contribution in [1.82, 2.24) is 10.6 Å². The lowest BCUT2D eigenvalue weighted by atomic mass is 9.90. The van der Waals surface area contributed by atoms with Crippen LogP contribution in [0.2, 0.25) is 0 Å². The lowest BCUT2D eigenvalue weighted by Gasteiger charge is -2.25. The second kappa shape index (κ2) is 10.2. The van der Waals surface area contributed by atoms with E-state index in [4.69, 9.17) is 4.42 Å². The molecule has 0 saturated carbocycles. The Morgan fingerprint density at radius 1 is 1.35 bits per heavy atom. The van der Waals surface area contributed by atoms with Crippen molar-refractivity contribution >= 4 is 39.8 Å². The SMILES string of the molecule is CN=C(NCCc1ccco1)NCC(C)(C)CCS(C)(=O)=O.I. The molecule has 0 saturated heterocycles. The number of aliphatic imine (C=N–C) groups is 1. The third-order valence-electron chi connectivity index (χ3n) is 3.35. The fraction of sp³-hybridized carbons (Fsp3) is 0.667. The fourth-order valence-electron chi connectivity index (χ4n) is 1.85. The first kappa shape index (κ1) is 22.2. The van der Waals surface area contributed by atoms with E-state index in [0.717, 1.165) is 18.7 Å². The summed E-state index contributed by atoms with van der Waals surface area (Å²) >= 11 is 0. The minimum atomic E-state index is -2.92. The molecule has 0 fully saturated rings. The van der Waals surface area contributed by atoms with Gasteiger partial charge in [0.15, 0.2) is 5.96 Å². The number of rotatable bonds is 8. The van der Waals surface area contributed by atoms with E-state index in [1.54, 1.807) is 13.3 Å². The molecule has 1 rings (SSSR count). The number of guanidine groups is 1. The molecule has 6 nitrogen and oxygen atoms in total. The highest BCUT2D eigenvalue weighted by molar-refractivity contribution is 14.0. The number of nitrogens with zero attached hydrogens (tertiary/aromatic N) is 1. The van der Waals surface area contributed by atoms with Gasteiger partial charge in [-0.25, -0.2) is 8.42 Å². The summed E-state index contributed by atoms with van der Waals surface area (Å²) in [6.07, 6.45) is 4.33. The summed E-state index contributed by atoms with van der Waals surface area (Å²) < 4.78 is 27.8. The van der Waals surface area contributed by atoms with Crippen LogP contribution in [0.5, 0.6) is 0 Å². The minimum absolute atomic E-state index is 0. The van der Waals surface area contributed by atoms with Crippen molar-refractivity contribution < 1.29 is 12.8 Å². The summed E-state index contributed by atoms with van der Waals surface area (Å²) in [5.41, 5.74) is -0.123. The first-order valence-electron chi connectivity index (χ1n) is 7.36. The van der Waals surface area contributed by atoms with Gasteiger partial charge < -0.3 is 15.1 Å². The first-order valence-corrected chi connectivity index (χ1v) is 9.42. The number of hydrogen-bond donors (Lipinski definition) is 2. The number of furan rings is 1. The van der Waals surface area contributed by atoms with Crippen molar-refractivity contribution in [2.75, 3.05) is 32.1 Å². The first-order chi connectivity index (χ1) is 10.2. The van der Waals surface area contributed by atoms with E-state index in [-0.39, 0.29) is 35.1 Å². The van der Waals surface area contributed by atoms with Gasteiger partial charge in [0.2, 0.25) is 0 Å². The molecule has 0 amide bonds. The van der Waals surface area contributed by atoms with Gasteiger partial charge in [0.05, 0.1) is 12.0 Å². The summed E-state index contributed by atoms with van der Waals surface area (Å²) in [6, 6.07) is 3.80. The number of sulfone groups is 1. The Hall–Kier alpha value is -0.770. The van der Waals surface area contributed by atoms with Gasteiger partial charge in [-0.2, -0.15) is 0 Å². The van der Waals surface area contributed by atoms with Gasteiger partial charge in [-0.15, -0.1) is 24.0 Å². The van der Waals surface area contributed by atoms with Crippen molar-refractivity contribution in [2.24, 2.45) is 10.4 Å². The molecule has 0 radical (unpaired) electrons. The average molecular weight is 457 g/mol. The standard InChI is InChI=1S/C15H27N3O3S.HI/c1-15(2,8-11-22(4,19)20)12-18-14(16-3)17-9-7-13-6-5-10-21-13;/h5-6,10H,7-9,11-12H2,1-4H3,(H2,16,17,18);1H. The maximum Gasteiger partial charge on any atom is 0.191 e. The molecule has 1 aromatic rings. The Balaban J connectivity index is 0.00000484. The van der Waals surface area contributed by atoms with E-state index in [1.165, 1.54) is 6.26 Å². The van der Waals surface area contributed by atoms with Crippen molar-refractivity contribution in [1.29, 1.82) is 0 Å². The molecule has 0 atom stereocenters. The van der Waals surface area contributed by atoms with Crippen LogP contribution in [0.1, 0.15) is 26.0 Å². The van der Waals surface area contributed by atoms with Gasteiger partial charge in [-0.3, -0.25) is 4.99 Å². The summed E-state index contributed by atoms with van der Waals surface area (Å²) in [6.45, 7) is 5.46. The molecule has 2 N–H and O–H groups in total. The predicted octanol–water partition coefficient (Wildman–Crippen LogP) is 2.07. The van der Waals surface area contributed by atoms with Crippen molar-refractivity contribution in [3.05, 3.63) is 24.2 Å². The van der Waals surface area contributed by atoms with Crippen LogP contribution in [0.3, 0.4) is 0 Å². The molecule has 0 aromatic carbocycles. The van der Waals surface area contributed by atoms with Crippen LogP contribution in [-0.4, -0.2) is 46.5 Å². The van der Waals surface area contributed by atoms with Crippen LogP contribution in [0.15, 0.2) is 27.8 Å². The Labute approximate surface area is 156 Å². The van der Waals surface area contributed by atoms with Gasteiger partial charge in [-0.1, -0.05) is 13.8 Å². The maximum atomic E-state index is 11.3. The van der Waals surface area contributed by atoms with Crippen LogP contribution in [0.4, 0.5) is 0 Å². The summed E-state index contributed by atoms with van der Waals surface area (Å²) in [5, 5.41) is 6.45. The van der Waals surface area contributed by atoms with Gasteiger partial charge in [-0.05, 0) is 24.0 Å². The molecule has 8 heteroatoms. The van der Waals surface area contributed by atoms with Gasteiger partial charge in [0.1, 0.15) is 15.6 Å². The Kier molecular flexibility index (Phi) is 9.83. The van der Waals surface area contributed by atoms with Crippen molar-refractivity contribution in [3.8, 4) is 0 Å². The van der Waals surface area contributed by atoms with E-state index >= 15 is 0 Å². The van der Waals surface area contributed by atoms with E-state index < -0.39 is 9.84 Å². The topological polar surface area (TPSA) is 83.7 Å². The summed E-state index contributed by atoms with van der Waals surface area (Å²) in [7, 11) is -1.21. The van der Waals surface area contributed by atoms with Gasteiger partial charge in [0, 0.05) is 32.8 Å². The Morgan fingerprint density at radius 2 is 2.04 bits per heavy atom. The molecule has 0 aliphatic heterocycles. The monoisotopic (exact) mass is 457 g/mol. The molecule has 1 aromatic heterocycles. The zero-order valence-corrected chi connectivity index (χ0v) is 17.4. The van der Waals surface area contributed by atoms with E-state index in [0.29, 0.717) is 18.9 Å². The zero-order valence-electron chi connectivity index (χ0n) is 14.3. The van der Waals surface area contributed by atoms with E-state index in [9.17, 15) is 8.42 Å². The molecular weight excluding hydrogens is 429 g/mol. The highest BCUT2D eigenvalue weighted by atomic mass is 127. The maximum absolute atomic E-state index is 11.3. The van der Waals surface area contributed by atoms with Gasteiger partial charge in [0.25, 0.3) is 0 Å². The van der Waals surface area contributed by atoms with E-state index in [2.05, 4.69) is 15.6 Å². The summed E-state index contributed by atoms with van der Waals surface area (Å²) in [4.78, 5) is 4.16. The lowest BCUT2D eigenvalue weighted by molar-refractivity contribution is 0.348. The highest BCUT2D eigenvalue weighted by Crippen LogP contribution is 2.19. The smallest absolute Gasteiger partial charge is 0.191 e. The van der Waals surface area contributed by atoms with Crippen LogP contribution in [0, 0.1) is 5.41 Å². The fourth-order valence-corrected chi connectivity index (χ4v) is 2.78. The number of nitrogens with one attached hydrogen (secondary N) is 2. The predicted molar refractivity (Wildman–Crippen MR) is 105 cm³/mol. The number of halogens is 1. The number of hydrogen-bond acceptors (Lipinski definition) is 4. The largest absolute Gasteiger partial charge is 0.469 e. The third kappa shape index (κ3) is 10.6. The second-order valence-electron chi connectivity index (χ2n) is 6.23. The van der Waals surface area contributed by atoms with E-state index in [1.807, 2.05) is 26.0 Å². The zero-order chi connectivity index (χ0) is 16.6.